The Morgan fingerprint density at radius 3 is 1.69 bits per heavy atom. The predicted octanol–water partition coefficient (Wildman–Crippen LogP) is -0.900. The molecule has 0 rings (SSSR count). The number of hydrogen-bond donors (Lipinski definition) is 1. The van der Waals surface area contributed by atoms with Crippen LogP contribution in [0.3, 0.4) is 0 Å². The van der Waals surface area contributed by atoms with E-state index >= 15 is 0 Å². The molecule has 13 heavy (non-hydrogen) atoms. The highest BCUT2D eigenvalue weighted by atomic mass is 32.2. The Bertz CT molecular complexity index is 356. The van der Waals surface area contributed by atoms with Crippen LogP contribution < -0.4 is 0 Å². The van der Waals surface area contributed by atoms with Gasteiger partial charge in [-0.2, -0.15) is 16.8 Å². The van der Waals surface area contributed by atoms with Crippen molar-refractivity contribution in [1.82, 2.24) is 0 Å². The maximum atomic E-state index is 9.78. The summed E-state index contributed by atoms with van der Waals surface area (Å²) >= 11 is 0. The summed E-state index contributed by atoms with van der Waals surface area (Å²) in [4.78, 5) is 0. The van der Waals surface area contributed by atoms with E-state index in [2.05, 4.69) is 10.6 Å². The van der Waals surface area contributed by atoms with Crippen molar-refractivity contribution >= 4 is 20.2 Å². The Morgan fingerprint density at radius 1 is 1.38 bits per heavy atom. The zero-order valence-corrected chi connectivity index (χ0v) is 8.72. The molecule has 0 aromatic carbocycles. The van der Waals surface area contributed by atoms with Gasteiger partial charge < -0.3 is 0 Å². The summed E-state index contributed by atoms with van der Waals surface area (Å²) in [6.07, 6.45) is 5.52. The van der Waals surface area contributed by atoms with Gasteiger partial charge in [0.2, 0.25) is 0 Å². The van der Waals surface area contributed by atoms with Crippen molar-refractivity contribution in [3.05, 3.63) is 0 Å². The van der Waals surface area contributed by atoms with E-state index in [4.69, 9.17) is 4.55 Å². The minimum Gasteiger partial charge on any atom is -0.285 e. The first-order valence-corrected chi connectivity index (χ1v) is 6.19. The van der Waals surface area contributed by atoms with Crippen molar-refractivity contribution < 1.29 is 25.6 Å². The number of terminal acetylenes is 1. The first kappa shape index (κ1) is 14.9. The van der Waals surface area contributed by atoms with Gasteiger partial charge in [0.05, 0.1) is 13.4 Å². The molecule has 8 heteroatoms. The van der Waals surface area contributed by atoms with E-state index in [0.717, 1.165) is 13.4 Å². The molecule has 0 spiro atoms. The molecule has 0 saturated carbocycles. The smallest absolute Gasteiger partial charge is 0.276 e. The molecule has 0 aliphatic rings. The van der Waals surface area contributed by atoms with Crippen molar-refractivity contribution in [3.63, 3.8) is 0 Å². The molecule has 0 saturated heterocycles. The first-order valence-electron chi connectivity index (χ1n) is 2.76. The average molecular weight is 230 g/mol. The van der Waals surface area contributed by atoms with Crippen molar-refractivity contribution in [1.29, 1.82) is 0 Å². The van der Waals surface area contributed by atoms with Crippen LogP contribution in [0.1, 0.15) is 0 Å². The van der Waals surface area contributed by atoms with Crippen LogP contribution in [0.4, 0.5) is 0 Å². The molecule has 0 aliphatic carbocycles. The van der Waals surface area contributed by atoms with Gasteiger partial charge in [0.1, 0.15) is 5.75 Å². The van der Waals surface area contributed by atoms with Gasteiger partial charge >= 0.3 is 0 Å². The zero-order valence-electron chi connectivity index (χ0n) is 7.09. The minimum atomic E-state index is -3.91. The molecule has 0 amide bonds. The van der Waals surface area contributed by atoms with Crippen molar-refractivity contribution in [2.75, 3.05) is 19.1 Å². The first-order chi connectivity index (χ1) is 5.62. The van der Waals surface area contributed by atoms with E-state index in [1.54, 1.807) is 5.92 Å². The van der Waals surface area contributed by atoms with Crippen LogP contribution in [0, 0.1) is 12.3 Å². The van der Waals surface area contributed by atoms with Crippen molar-refractivity contribution in [3.8, 4) is 12.3 Å². The Kier molecular flexibility index (Phi) is 6.79. The van der Waals surface area contributed by atoms with Gasteiger partial charge in [-0.15, -0.1) is 6.42 Å². The zero-order chi connectivity index (χ0) is 11.1. The number of hydrogen-bond acceptors (Lipinski definition) is 5. The Morgan fingerprint density at radius 2 is 1.69 bits per heavy atom. The van der Waals surface area contributed by atoms with Gasteiger partial charge in [-0.25, -0.2) is 0 Å². The molecule has 6 nitrogen and oxygen atoms in total. The summed E-state index contributed by atoms with van der Waals surface area (Å²) in [7, 11) is -5.95. The van der Waals surface area contributed by atoms with E-state index in [1.807, 2.05) is 0 Å². The normalized spacial score (nSPS) is 10.9. The van der Waals surface area contributed by atoms with Gasteiger partial charge in [0.15, 0.2) is 0 Å². The lowest BCUT2D eigenvalue weighted by Crippen LogP contribution is -1.99. The molecule has 0 bridgehead atoms. The topological polar surface area (TPSA) is 97.7 Å². The fourth-order valence-electron chi connectivity index (χ4n) is 0.105. The summed E-state index contributed by atoms with van der Waals surface area (Å²) in [5.41, 5.74) is 0. The van der Waals surface area contributed by atoms with Crippen LogP contribution in [0.25, 0.3) is 0 Å². The Balaban J connectivity index is 0. The van der Waals surface area contributed by atoms with Crippen LogP contribution in [0.15, 0.2) is 0 Å². The molecule has 0 aliphatic heterocycles. The third-order valence-corrected chi connectivity index (χ3v) is 1.71. The van der Waals surface area contributed by atoms with Crippen LogP contribution in [0.2, 0.25) is 0 Å². The summed E-state index contributed by atoms with van der Waals surface area (Å²) in [6, 6.07) is 0. The SMILES string of the molecule is C#CCS(=O)(=O)O.COS(C)(=O)=O. The van der Waals surface area contributed by atoms with E-state index in [0.29, 0.717) is 0 Å². The summed E-state index contributed by atoms with van der Waals surface area (Å²) in [5, 5.41) is 0. The second kappa shape index (κ2) is 5.93. The van der Waals surface area contributed by atoms with Crippen LogP contribution in [-0.4, -0.2) is 40.5 Å². The second-order valence-electron chi connectivity index (χ2n) is 1.80. The van der Waals surface area contributed by atoms with Gasteiger partial charge in [-0.3, -0.25) is 8.74 Å². The van der Waals surface area contributed by atoms with Gasteiger partial charge in [0.25, 0.3) is 20.2 Å². The standard InChI is InChI=1S/C3H4O3S.C2H6O3S/c1-2-3-7(4,5)6;1-5-6(2,3)4/h1H,3H2,(H,4,5,6);1-2H3. The lowest BCUT2D eigenvalue weighted by Gasteiger charge is -1.84. The molecule has 0 aromatic heterocycles. The largest absolute Gasteiger partial charge is 0.285 e. The predicted molar refractivity (Wildman–Crippen MR) is 47.1 cm³/mol. The highest BCUT2D eigenvalue weighted by Gasteiger charge is 1.96. The average Bonchev–Trinajstić information content (AvgIpc) is 1.84. The second-order valence-corrected chi connectivity index (χ2v) is 5.00. The Hall–Kier alpha value is -0.620. The lowest BCUT2D eigenvalue weighted by molar-refractivity contribution is 0.403. The maximum Gasteiger partial charge on any atom is 0.276 e. The fraction of sp³-hybridized carbons (Fsp3) is 0.600. The quantitative estimate of drug-likeness (QED) is 0.375. The van der Waals surface area contributed by atoms with E-state index in [9.17, 15) is 16.8 Å². The van der Waals surface area contributed by atoms with Crippen LogP contribution >= 0.6 is 0 Å². The van der Waals surface area contributed by atoms with E-state index < -0.39 is 26.0 Å². The summed E-state index contributed by atoms with van der Waals surface area (Å²) in [6.45, 7) is 0. The Labute approximate surface area is 77.8 Å². The monoisotopic (exact) mass is 230 g/mol. The maximum absolute atomic E-state index is 9.78. The van der Waals surface area contributed by atoms with Gasteiger partial charge in [0, 0.05) is 0 Å². The molecule has 0 aromatic rings. The van der Waals surface area contributed by atoms with Gasteiger partial charge in [-0.05, 0) is 0 Å². The molecular formula is C5H10O6S2. The summed E-state index contributed by atoms with van der Waals surface area (Å²) < 4.78 is 50.6. The molecule has 0 fully saturated rings. The third-order valence-electron chi connectivity index (χ3n) is 0.568. The highest BCUT2D eigenvalue weighted by molar-refractivity contribution is 7.86. The lowest BCUT2D eigenvalue weighted by atomic mass is 10.8. The van der Waals surface area contributed by atoms with Crippen LogP contribution in [-0.2, 0) is 24.4 Å². The van der Waals surface area contributed by atoms with E-state index in [1.165, 1.54) is 0 Å². The molecule has 0 radical (unpaired) electrons. The van der Waals surface area contributed by atoms with Crippen molar-refractivity contribution in [2.24, 2.45) is 0 Å². The summed E-state index contributed by atoms with van der Waals surface area (Å²) in [5.74, 6) is 1.17. The molecule has 0 unspecified atom stereocenters. The fourth-order valence-corrected chi connectivity index (χ4v) is 0.316. The van der Waals surface area contributed by atoms with Gasteiger partial charge in [-0.1, -0.05) is 5.92 Å². The third kappa shape index (κ3) is 24.6. The van der Waals surface area contributed by atoms with E-state index in [-0.39, 0.29) is 0 Å². The molecule has 0 atom stereocenters. The number of rotatable bonds is 2. The minimum absolute atomic E-state index is 0.604. The molecule has 0 heterocycles. The van der Waals surface area contributed by atoms with Crippen LogP contribution in [0.5, 0.6) is 0 Å². The molecule has 78 valence electrons. The van der Waals surface area contributed by atoms with Crippen molar-refractivity contribution in [2.45, 2.75) is 0 Å². The highest BCUT2D eigenvalue weighted by Crippen LogP contribution is 1.76. The molecule has 1 N–H and O–H groups in total. The molecular weight excluding hydrogens is 220 g/mol.